The molecule has 0 saturated carbocycles. The van der Waals surface area contributed by atoms with Crippen LogP contribution in [0.15, 0.2) is 53.3 Å². The van der Waals surface area contributed by atoms with Crippen LogP contribution in [0.1, 0.15) is 31.0 Å². The highest BCUT2D eigenvalue weighted by molar-refractivity contribution is 5.89. The number of hydrogen-bond donors (Lipinski definition) is 2. The number of aromatic nitrogens is 2. The number of rotatable bonds is 8. The second-order valence-corrected chi connectivity index (χ2v) is 8.35. The van der Waals surface area contributed by atoms with E-state index in [2.05, 4.69) is 27.0 Å². The lowest BCUT2D eigenvalue weighted by atomic mass is 10.0. The average Bonchev–Trinajstić information content (AvgIpc) is 3.17. The van der Waals surface area contributed by atoms with Gasteiger partial charge in [0.1, 0.15) is 11.5 Å². The second-order valence-electron chi connectivity index (χ2n) is 8.35. The normalized spacial score (nSPS) is 14.0. The van der Waals surface area contributed by atoms with Crippen molar-refractivity contribution in [2.24, 2.45) is 0 Å². The van der Waals surface area contributed by atoms with Gasteiger partial charge in [-0.1, -0.05) is 12.1 Å². The maximum Gasteiger partial charge on any atom is 0.248 e. The molecule has 0 aliphatic carbocycles. The van der Waals surface area contributed by atoms with Gasteiger partial charge in [0, 0.05) is 36.3 Å². The molecule has 4 aromatic rings. The molecule has 0 saturated heterocycles. The van der Waals surface area contributed by atoms with Crippen molar-refractivity contribution < 1.29 is 9.47 Å². The molecule has 2 aromatic heterocycles. The van der Waals surface area contributed by atoms with E-state index in [1.165, 1.54) is 16.6 Å². The Kier molecular flexibility index (Phi) is 5.86. The van der Waals surface area contributed by atoms with E-state index in [-0.39, 0.29) is 5.56 Å². The van der Waals surface area contributed by atoms with Crippen molar-refractivity contribution in [1.29, 1.82) is 0 Å². The molecular weight excluding hydrogens is 402 g/mol. The third-order valence-corrected chi connectivity index (χ3v) is 6.19. The van der Waals surface area contributed by atoms with Crippen LogP contribution in [0.3, 0.4) is 0 Å². The lowest BCUT2D eigenvalue weighted by Gasteiger charge is -2.26. The van der Waals surface area contributed by atoms with Crippen LogP contribution < -0.4 is 15.0 Å². The lowest BCUT2D eigenvalue weighted by Crippen LogP contribution is -2.31. The van der Waals surface area contributed by atoms with Crippen LogP contribution in [-0.4, -0.2) is 41.2 Å². The van der Waals surface area contributed by atoms with E-state index in [1.807, 2.05) is 37.3 Å². The number of benzene rings is 2. The van der Waals surface area contributed by atoms with Gasteiger partial charge in [-0.05, 0) is 67.9 Å². The third kappa shape index (κ3) is 4.23. The summed E-state index contributed by atoms with van der Waals surface area (Å²) in [5.41, 5.74) is 4.61. The predicted molar refractivity (Wildman–Crippen MR) is 128 cm³/mol. The zero-order valence-electron chi connectivity index (χ0n) is 18.4. The number of H-pyrrole nitrogens is 2. The molecule has 166 valence electrons. The van der Waals surface area contributed by atoms with Crippen molar-refractivity contribution in [3.05, 3.63) is 70.1 Å². The maximum absolute atomic E-state index is 11.5. The van der Waals surface area contributed by atoms with Crippen molar-refractivity contribution >= 4 is 21.8 Å². The van der Waals surface area contributed by atoms with Gasteiger partial charge in [0.05, 0.1) is 24.2 Å². The van der Waals surface area contributed by atoms with Crippen LogP contribution in [0.5, 0.6) is 11.5 Å². The first-order chi connectivity index (χ1) is 15.7. The molecule has 5 rings (SSSR count). The van der Waals surface area contributed by atoms with Gasteiger partial charge >= 0.3 is 0 Å². The number of para-hydroxylation sites is 1. The molecule has 1 aliphatic rings. The Hall–Kier alpha value is -3.25. The van der Waals surface area contributed by atoms with Gasteiger partial charge in [-0.15, -0.1) is 0 Å². The summed E-state index contributed by atoms with van der Waals surface area (Å²) >= 11 is 0. The molecule has 0 atom stereocenters. The molecule has 0 radical (unpaired) electrons. The second kappa shape index (κ2) is 9.09. The van der Waals surface area contributed by atoms with E-state index in [1.54, 1.807) is 6.07 Å². The number of aromatic amines is 2. The summed E-state index contributed by atoms with van der Waals surface area (Å²) in [4.78, 5) is 20.5. The zero-order chi connectivity index (χ0) is 21.9. The van der Waals surface area contributed by atoms with Gasteiger partial charge < -0.3 is 19.4 Å². The van der Waals surface area contributed by atoms with E-state index < -0.39 is 0 Å². The van der Waals surface area contributed by atoms with Crippen LogP contribution in [0.2, 0.25) is 0 Å². The summed E-state index contributed by atoms with van der Waals surface area (Å²) in [6.45, 7) is 6.46. The molecule has 2 N–H and O–H groups in total. The summed E-state index contributed by atoms with van der Waals surface area (Å²) in [7, 11) is 0. The number of fused-ring (bicyclic) bond motifs is 4. The van der Waals surface area contributed by atoms with Crippen LogP contribution >= 0.6 is 0 Å². The molecule has 32 heavy (non-hydrogen) atoms. The van der Waals surface area contributed by atoms with Gasteiger partial charge in [0.15, 0.2) is 0 Å². The van der Waals surface area contributed by atoms with Gasteiger partial charge in [-0.2, -0.15) is 0 Å². The maximum atomic E-state index is 11.5. The summed E-state index contributed by atoms with van der Waals surface area (Å²) in [5, 5.41) is 2.31. The highest BCUT2D eigenvalue weighted by Crippen LogP contribution is 2.33. The summed E-state index contributed by atoms with van der Waals surface area (Å²) < 4.78 is 11.7. The molecule has 0 amide bonds. The predicted octanol–water partition coefficient (Wildman–Crippen LogP) is 4.63. The first kappa shape index (κ1) is 20.6. The minimum Gasteiger partial charge on any atom is -0.494 e. The van der Waals surface area contributed by atoms with Crippen molar-refractivity contribution in [3.8, 4) is 11.5 Å². The Labute approximate surface area is 187 Å². The van der Waals surface area contributed by atoms with E-state index in [9.17, 15) is 4.79 Å². The Balaban J connectivity index is 1.13. The van der Waals surface area contributed by atoms with Crippen LogP contribution in [0, 0.1) is 0 Å². The van der Waals surface area contributed by atoms with Crippen molar-refractivity contribution in [2.75, 3.05) is 26.3 Å². The van der Waals surface area contributed by atoms with E-state index in [4.69, 9.17) is 9.47 Å². The quantitative estimate of drug-likeness (QED) is 0.399. The average molecular weight is 432 g/mol. The Bertz CT molecular complexity index is 1290. The minimum atomic E-state index is -0.0941. The monoisotopic (exact) mass is 431 g/mol. The van der Waals surface area contributed by atoms with Crippen LogP contribution in [0.4, 0.5) is 0 Å². The number of nitrogens with zero attached hydrogens (tertiary/aromatic N) is 1. The van der Waals surface area contributed by atoms with Crippen molar-refractivity contribution in [1.82, 2.24) is 14.9 Å². The first-order valence-corrected chi connectivity index (χ1v) is 11.4. The first-order valence-electron chi connectivity index (χ1n) is 11.4. The van der Waals surface area contributed by atoms with Crippen molar-refractivity contribution in [3.63, 3.8) is 0 Å². The van der Waals surface area contributed by atoms with Gasteiger partial charge in [-0.25, -0.2) is 0 Å². The Morgan fingerprint density at radius 3 is 2.84 bits per heavy atom. The zero-order valence-corrected chi connectivity index (χ0v) is 18.4. The lowest BCUT2D eigenvalue weighted by molar-refractivity contribution is 0.233. The molecule has 6 heteroatoms. The van der Waals surface area contributed by atoms with Crippen LogP contribution in [-0.2, 0) is 13.0 Å². The fourth-order valence-corrected chi connectivity index (χ4v) is 4.61. The van der Waals surface area contributed by atoms with Crippen molar-refractivity contribution in [2.45, 2.75) is 32.7 Å². The molecule has 0 unspecified atom stereocenters. The van der Waals surface area contributed by atoms with Gasteiger partial charge in [0.2, 0.25) is 5.56 Å². The highest BCUT2D eigenvalue weighted by Gasteiger charge is 2.21. The summed E-state index contributed by atoms with van der Waals surface area (Å²) in [6.07, 6.45) is 3.15. The van der Waals surface area contributed by atoms with E-state index in [0.717, 1.165) is 66.8 Å². The number of unbranched alkanes of at least 4 members (excludes halogenated alkanes) is 1. The molecular formula is C26H29N3O3. The van der Waals surface area contributed by atoms with E-state index >= 15 is 0 Å². The topological polar surface area (TPSA) is 70.3 Å². The molecule has 2 aromatic carbocycles. The SMILES string of the molecule is CCOc1cccc2c3c([nH]c12)CN(CCCCOc1ccc2ccc(=O)[nH]c2c1)CC3. The number of hydrogen-bond acceptors (Lipinski definition) is 4. The van der Waals surface area contributed by atoms with Crippen LogP contribution in [0.25, 0.3) is 21.8 Å². The summed E-state index contributed by atoms with van der Waals surface area (Å²) in [6, 6.07) is 15.5. The number of ether oxygens (including phenoxy) is 2. The molecule has 1 aliphatic heterocycles. The summed E-state index contributed by atoms with van der Waals surface area (Å²) in [5.74, 6) is 1.74. The molecule has 3 heterocycles. The molecule has 6 nitrogen and oxygen atoms in total. The molecule has 0 fully saturated rings. The fraction of sp³-hybridized carbons (Fsp3) is 0.346. The molecule has 0 bridgehead atoms. The minimum absolute atomic E-state index is 0.0941. The number of pyridine rings is 1. The number of nitrogens with one attached hydrogen (secondary N) is 2. The standard InChI is InChI=1S/C26H29N3O3/c1-2-31-24-7-5-6-21-20-12-14-29(17-23(20)28-26(21)24)13-3-4-15-32-19-10-8-18-9-11-25(30)27-22(18)16-19/h5-11,16,28H,2-4,12-15,17H2,1H3,(H,27,30). The van der Waals surface area contributed by atoms with E-state index in [0.29, 0.717) is 13.2 Å². The smallest absolute Gasteiger partial charge is 0.248 e. The molecule has 0 spiro atoms. The largest absolute Gasteiger partial charge is 0.494 e. The highest BCUT2D eigenvalue weighted by atomic mass is 16.5. The fourth-order valence-electron chi connectivity index (χ4n) is 4.61. The van der Waals surface area contributed by atoms with Gasteiger partial charge in [0.25, 0.3) is 0 Å². The van der Waals surface area contributed by atoms with Gasteiger partial charge in [-0.3, -0.25) is 9.69 Å². The Morgan fingerprint density at radius 1 is 1.03 bits per heavy atom. The third-order valence-electron chi connectivity index (χ3n) is 6.19. The Morgan fingerprint density at radius 2 is 1.94 bits per heavy atom.